The van der Waals surface area contributed by atoms with Crippen LogP contribution in [0.1, 0.15) is 44.9 Å². The molecule has 1 saturated carbocycles. The number of aromatic nitrogens is 2. The van der Waals surface area contributed by atoms with Gasteiger partial charge >= 0.3 is 5.97 Å². The van der Waals surface area contributed by atoms with Crippen molar-refractivity contribution in [1.29, 1.82) is 0 Å². The average Bonchev–Trinajstić information content (AvgIpc) is 3.33. The van der Waals surface area contributed by atoms with E-state index < -0.39 is 12.1 Å². The second kappa shape index (κ2) is 8.24. The summed E-state index contributed by atoms with van der Waals surface area (Å²) < 4.78 is 10.3. The van der Waals surface area contributed by atoms with E-state index in [1.54, 1.807) is 18.3 Å². The molecule has 1 amide bonds. The van der Waals surface area contributed by atoms with Crippen molar-refractivity contribution >= 4 is 23.2 Å². The van der Waals surface area contributed by atoms with Crippen LogP contribution in [0.4, 0.5) is 0 Å². The number of rotatable bonds is 7. The fourth-order valence-corrected chi connectivity index (χ4v) is 3.41. The van der Waals surface area contributed by atoms with Crippen LogP contribution < -0.4 is 5.32 Å². The van der Waals surface area contributed by atoms with Crippen LogP contribution in [0.3, 0.4) is 0 Å². The number of hydrogen-bond acceptors (Lipinski definition) is 7. The molecule has 2 aromatic rings. The Labute approximate surface area is 149 Å². The van der Waals surface area contributed by atoms with Crippen molar-refractivity contribution in [2.24, 2.45) is 0 Å². The molecule has 1 aliphatic carbocycles. The largest absolute Gasteiger partial charge is 0.453 e. The zero-order valence-electron chi connectivity index (χ0n) is 14.1. The van der Waals surface area contributed by atoms with Crippen molar-refractivity contribution in [3.05, 3.63) is 22.7 Å². The Kier molecular flexibility index (Phi) is 5.80. The molecule has 2 heterocycles. The minimum Gasteiger partial charge on any atom is -0.453 e. The third-order valence-electron chi connectivity index (χ3n) is 4.17. The second-order valence-corrected chi connectivity index (χ2v) is 6.93. The first kappa shape index (κ1) is 17.6. The minimum atomic E-state index is -0.794. The molecule has 1 atom stereocenters. The highest BCUT2D eigenvalue weighted by Crippen LogP contribution is 2.19. The first-order chi connectivity index (χ1) is 12.1. The molecule has 0 bridgehead atoms. The Morgan fingerprint density at radius 2 is 2.24 bits per heavy atom. The van der Waals surface area contributed by atoms with Crippen molar-refractivity contribution in [2.45, 2.75) is 57.6 Å². The van der Waals surface area contributed by atoms with Gasteiger partial charge in [0.05, 0.1) is 6.42 Å². The number of nitrogens with zero attached hydrogens (tertiary/aromatic N) is 2. The average molecular weight is 363 g/mol. The third-order valence-corrected chi connectivity index (χ3v) is 4.85. The van der Waals surface area contributed by atoms with Gasteiger partial charge in [0.25, 0.3) is 5.91 Å². The summed E-state index contributed by atoms with van der Waals surface area (Å²) in [5.41, 5.74) is 0.889. The summed E-state index contributed by atoms with van der Waals surface area (Å²) in [7, 11) is 0. The molecule has 0 aliphatic heterocycles. The first-order valence-electron chi connectivity index (χ1n) is 8.47. The highest BCUT2D eigenvalue weighted by Gasteiger charge is 2.23. The lowest BCUT2D eigenvalue weighted by molar-refractivity contribution is -0.155. The maximum atomic E-state index is 12.0. The van der Waals surface area contributed by atoms with Crippen molar-refractivity contribution in [1.82, 2.24) is 15.5 Å². The van der Waals surface area contributed by atoms with E-state index >= 15 is 0 Å². The number of thiophene rings is 1. The van der Waals surface area contributed by atoms with E-state index in [1.165, 1.54) is 0 Å². The van der Waals surface area contributed by atoms with Crippen LogP contribution >= 0.6 is 11.3 Å². The number of carbonyl (C=O) groups excluding carboxylic acids is 2. The molecule has 1 fully saturated rings. The SMILES string of the molecule is CC(OC(=O)CCc1nc(-c2ccsc2)no1)C(=O)NC1CCCC1. The standard InChI is InChI=1S/C17H21N3O4S/c1-11(17(22)18-13-4-2-3-5-13)23-15(21)7-6-14-19-16(20-24-14)12-8-9-25-10-12/h8-11,13H,2-7H2,1H3,(H,18,22). The predicted octanol–water partition coefficient (Wildman–Crippen LogP) is 2.72. The van der Waals surface area contributed by atoms with Gasteiger partial charge in [-0.15, -0.1) is 0 Å². The van der Waals surface area contributed by atoms with E-state index in [1.807, 2.05) is 16.8 Å². The Balaban J connectivity index is 1.42. The molecule has 0 saturated heterocycles. The molecular formula is C17H21N3O4S. The fourth-order valence-electron chi connectivity index (χ4n) is 2.77. The summed E-state index contributed by atoms with van der Waals surface area (Å²) in [5.74, 6) is 0.192. The van der Waals surface area contributed by atoms with Gasteiger partial charge in [0.1, 0.15) is 0 Å². The molecule has 8 heteroatoms. The zero-order chi connectivity index (χ0) is 17.6. The fraction of sp³-hybridized carbons (Fsp3) is 0.529. The second-order valence-electron chi connectivity index (χ2n) is 6.15. The summed E-state index contributed by atoms with van der Waals surface area (Å²) in [6.45, 7) is 1.59. The highest BCUT2D eigenvalue weighted by molar-refractivity contribution is 7.08. The molecule has 134 valence electrons. The van der Waals surface area contributed by atoms with Crippen molar-refractivity contribution in [3.8, 4) is 11.4 Å². The van der Waals surface area contributed by atoms with Gasteiger partial charge in [0.15, 0.2) is 6.10 Å². The van der Waals surface area contributed by atoms with Crippen LogP contribution in [0.2, 0.25) is 0 Å². The number of hydrogen-bond donors (Lipinski definition) is 1. The molecule has 1 unspecified atom stereocenters. The molecule has 0 spiro atoms. The van der Waals surface area contributed by atoms with Crippen LogP contribution in [0, 0.1) is 0 Å². The maximum absolute atomic E-state index is 12.0. The smallest absolute Gasteiger partial charge is 0.307 e. The summed E-state index contributed by atoms with van der Waals surface area (Å²) >= 11 is 1.55. The number of ether oxygens (including phenoxy) is 1. The number of nitrogens with one attached hydrogen (secondary N) is 1. The Bertz CT molecular complexity index is 707. The molecule has 1 aliphatic rings. The Morgan fingerprint density at radius 3 is 2.96 bits per heavy atom. The monoisotopic (exact) mass is 363 g/mol. The van der Waals surface area contributed by atoms with Crippen LogP contribution in [0.25, 0.3) is 11.4 Å². The molecule has 3 rings (SSSR count). The van der Waals surface area contributed by atoms with Gasteiger partial charge in [-0.25, -0.2) is 0 Å². The van der Waals surface area contributed by atoms with Crippen LogP contribution in [-0.4, -0.2) is 34.2 Å². The summed E-state index contributed by atoms with van der Waals surface area (Å²) in [5, 5.41) is 10.7. The van der Waals surface area contributed by atoms with Gasteiger partial charge in [-0.05, 0) is 31.2 Å². The van der Waals surface area contributed by atoms with Gasteiger partial charge in [-0.2, -0.15) is 16.3 Å². The van der Waals surface area contributed by atoms with E-state index in [4.69, 9.17) is 9.26 Å². The summed E-state index contributed by atoms with van der Waals surface area (Å²) in [6.07, 6.45) is 3.84. The normalized spacial score (nSPS) is 15.9. The predicted molar refractivity (Wildman–Crippen MR) is 91.9 cm³/mol. The van der Waals surface area contributed by atoms with Crippen LogP contribution in [-0.2, 0) is 20.7 Å². The Hall–Kier alpha value is -2.22. The molecule has 1 N–H and O–H groups in total. The summed E-state index contributed by atoms with van der Waals surface area (Å²) in [6, 6.07) is 2.11. The van der Waals surface area contributed by atoms with Gasteiger partial charge < -0.3 is 14.6 Å². The van der Waals surface area contributed by atoms with E-state index in [0.29, 0.717) is 11.7 Å². The number of amides is 1. The highest BCUT2D eigenvalue weighted by atomic mass is 32.1. The lowest BCUT2D eigenvalue weighted by Crippen LogP contribution is -2.40. The number of aryl methyl sites for hydroxylation is 1. The van der Waals surface area contributed by atoms with Gasteiger partial charge in [-0.3, -0.25) is 9.59 Å². The van der Waals surface area contributed by atoms with E-state index in [-0.39, 0.29) is 24.8 Å². The van der Waals surface area contributed by atoms with Gasteiger partial charge in [0, 0.05) is 23.4 Å². The third kappa shape index (κ3) is 4.88. The van der Waals surface area contributed by atoms with Crippen LogP contribution in [0.15, 0.2) is 21.3 Å². The topological polar surface area (TPSA) is 94.3 Å². The van der Waals surface area contributed by atoms with Crippen LogP contribution in [0.5, 0.6) is 0 Å². The minimum absolute atomic E-state index is 0.0896. The molecule has 0 aromatic carbocycles. The quantitative estimate of drug-likeness (QED) is 0.760. The van der Waals surface area contributed by atoms with Gasteiger partial charge in [0.2, 0.25) is 11.7 Å². The number of esters is 1. The van der Waals surface area contributed by atoms with Crippen molar-refractivity contribution in [3.63, 3.8) is 0 Å². The van der Waals surface area contributed by atoms with E-state index in [2.05, 4.69) is 15.5 Å². The number of carbonyl (C=O) groups is 2. The molecule has 2 aromatic heterocycles. The Morgan fingerprint density at radius 1 is 1.44 bits per heavy atom. The molecule has 7 nitrogen and oxygen atoms in total. The lowest BCUT2D eigenvalue weighted by Gasteiger charge is -2.16. The van der Waals surface area contributed by atoms with E-state index in [9.17, 15) is 9.59 Å². The maximum Gasteiger partial charge on any atom is 0.307 e. The molecule has 25 heavy (non-hydrogen) atoms. The van der Waals surface area contributed by atoms with Crippen molar-refractivity contribution in [2.75, 3.05) is 0 Å². The first-order valence-corrected chi connectivity index (χ1v) is 9.41. The molecular weight excluding hydrogens is 342 g/mol. The zero-order valence-corrected chi connectivity index (χ0v) is 14.9. The van der Waals surface area contributed by atoms with Gasteiger partial charge in [-0.1, -0.05) is 18.0 Å². The summed E-state index contributed by atoms with van der Waals surface area (Å²) in [4.78, 5) is 28.2. The van der Waals surface area contributed by atoms with E-state index in [0.717, 1.165) is 31.2 Å². The van der Waals surface area contributed by atoms with Crippen molar-refractivity contribution < 1.29 is 18.8 Å². The lowest BCUT2D eigenvalue weighted by atomic mass is 10.2. The molecule has 0 radical (unpaired) electrons.